The minimum absolute atomic E-state index is 0.0180. The largest absolute Gasteiger partial charge is 0.490 e. The number of hydrogen-bond acceptors (Lipinski definition) is 5. The van der Waals surface area contributed by atoms with E-state index in [2.05, 4.69) is 5.32 Å². The van der Waals surface area contributed by atoms with E-state index in [-0.39, 0.29) is 11.8 Å². The quantitative estimate of drug-likeness (QED) is 0.426. The summed E-state index contributed by atoms with van der Waals surface area (Å²) in [5.41, 5.74) is 2.92. The molecule has 1 aliphatic heterocycles. The van der Waals surface area contributed by atoms with E-state index in [1.165, 1.54) is 11.3 Å². The Kier molecular flexibility index (Phi) is 7.98. The normalized spacial score (nSPS) is 13.5. The predicted octanol–water partition coefficient (Wildman–Crippen LogP) is 5.63. The molecule has 6 nitrogen and oxygen atoms in total. The number of thiophene rings is 1. The molecule has 1 aromatic heterocycles. The molecule has 0 spiro atoms. The minimum atomic E-state index is -0.304. The summed E-state index contributed by atoms with van der Waals surface area (Å²) < 4.78 is 10.8. The van der Waals surface area contributed by atoms with Crippen molar-refractivity contribution in [3.8, 4) is 16.2 Å². The van der Waals surface area contributed by atoms with Crippen LogP contribution in [0.4, 0.5) is 5.00 Å². The van der Waals surface area contributed by atoms with Crippen molar-refractivity contribution in [1.29, 1.82) is 0 Å². The molecular formula is C27H30N2O4S. The fraction of sp³-hybridized carbons (Fsp3) is 0.333. The van der Waals surface area contributed by atoms with Gasteiger partial charge in [0.05, 0.1) is 17.7 Å². The Balaban J connectivity index is 1.68. The highest BCUT2D eigenvalue weighted by Gasteiger charge is 2.28. The number of nitrogens with zero attached hydrogens (tertiary/aromatic N) is 1. The molecule has 0 radical (unpaired) electrons. The molecule has 0 aliphatic carbocycles. The van der Waals surface area contributed by atoms with E-state index >= 15 is 0 Å². The summed E-state index contributed by atoms with van der Waals surface area (Å²) in [6.07, 6.45) is 3.16. The van der Waals surface area contributed by atoms with E-state index < -0.39 is 0 Å². The van der Waals surface area contributed by atoms with Gasteiger partial charge in [0.15, 0.2) is 0 Å². The van der Waals surface area contributed by atoms with Crippen molar-refractivity contribution in [2.24, 2.45) is 0 Å². The number of benzene rings is 2. The summed E-state index contributed by atoms with van der Waals surface area (Å²) >= 11 is 1.44. The number of carbonyl (C=O) groups is 2. The molecular weight excluding hydrogens is 448 g/mol. The Hall–Kier alpha value is -3.16. The fourth-order valence-electron chi connectivity index (χ4n) is 4.16. The zero-order valence-corrected chi connectivity index (χ0v) is 20.5. The monoisotopic (exact) mass is 478 g/mol. The second-order valence-electron chi connectivity index (χ2n) is 8.27. The number of piperidine rings is 1. The Morgan fingerprint density at radius 1 is 0.971 bits per heavy atom. The molecule has 1 fully saturated rings. The molecule has 7 heteroatoms. The van der Waals surface area contributed by atoms with Crippen LogP contribution in [0.25, 0.3) is 10.4 Å². The van der Waals surface area contributed by atoms with Crippen LogP contribution in [0.3, 0.4) is 0 Å². The molecule has 0 saturated carbocycles. The van der Waals surface area contributed by atoms with Gasteiger partial charge in [-0.25, -0.2) is 0 Å². The average Bonchev–Trinajstić information content (AvgIpc) is 3.20. The number of amides is 2. The lowest BCUT2D eigenvalue weighted by molar-refractivity contribution is 0.0725. The smallest absolute Gasteiger partial charge is 0.260 e. The maximum Gasteiger partial charge on any atom is 0.260 e. The second kappa shape index (κ2) is 11.3. The number of methoxy groups -OCH3 is 1. The summed E-state index contributed by atoms with van der Waals surface area (Å²) in [6.45, 7) is 4.23. The third-order valence-electron chi connectivity index (χ3n) is 5.94. The van der Waals surface area contributed by atoms with Crippen molar-refractivity contribution in [3.05, 3.63) is 71.3 Å². The van der Waals surface area contributed by atoms with Crippen LogP contribution in [0, 0.1) is 6.92 Å². The Bertz CT molecular complexity index is 1140. The molecule has 4 rings (SSSR count). The summed E-state index contributed by atoms with van der Waals surface area (Å²) in [5, 5.41) is 3.60. The highest BCUT2D eigenvalue weighted by Crippen LogP contribution is 2.41. The topological polar surface area (TPSA) is 67.9 Å². The van der Waals surface area contributed by atoms with Crippen molar-refractivity contribution >= 4 is 28.2 Å². The SMILES string of the molecule is COCCOc1ccccc1C(=O)Nc1sc(-c2ccccc2)c(C)c1C(=O)N1CCCCC1. The predicted molar refractivity (Wildman–Crippen MR) is 136 cm³/mol. The number of carbonyl (C=O) groups excluding carboxylic acids is 2. The lowest BCUT2D eigenvalue weighted by Crippen LogP contribution is -2.36. The highest BCUT2D eigenvalue weighted by molar-refractivity contribution is 7.20. The van der Waals surface area contributed by atoms with Crippen LogP contribution < -0.4 is 10.1 Å². The Morgan fingerprint density at radius 3 is 2.41 bits per heavy atom. The molecule has 2 heterocycles. The molecule has 0 bridgehead atoms. The first-order valence-electron chi connectivity index (χ1n) is 11.6. The lowest BCUT2D eigenvalue weighted by atomic mass is 10.0. The summed E-state index contributed by atoms with van der Waals surface area (Å²) in [7, 11) is 1.60. The molecule has 0 unspecified atom stereocenters. The zero-order valence-electron chi connectivity index (χ0n) is 19.6. The van der Waals surface area contributed by atoms with Gasteiger partial charge in [0, 0.05) is 25.1 Å². The number of ether oxygens (including phenoxy) is 2. The van der Waals surface area contributed by atoms with Crippen LogP contribution in [-0.2, 0) is 4.74 Å². The first-order valence-corrected chi connectivity index (χ1v) is 12.4. The van der Waals surface area contributed by atoms with Crippen LogP contribution >= 0.6 is 11.3 Å². The van der Waals surface area contributed by atoms with Gasteiger partial charge in [0.2, 0.25) is 0 Å². The summed E-state index contributed by atoms with van der Waals surface area (Å²) in [4.78, 5) is 29.8. The van der Waals surface area contributed by atoms with Crippen LogP contribution in [-0.4, -0.2) is 50.1 Å². The van der Waals surface area contributed by atoms with Gasteiger partial charge in [-0.3, -0.25) is 9.59 Å². The van der Waals surface area contributed by atoms with Crippen molar-refractivity contribution in [2.75, 3.05) is 38.7 Å². The average molecular weight is 479 g/mol. The maximum atomic E-state index is 13.6. The highest BCUT2D eigenvalue weighted by atomic mass is 32.1. The standard InChI is InChI=1S/C27H30N2O4S/c1-19-23(27(31)29-15-9-4-10-16-29)26(34-24(19)20-11-5-3-6-12-20)28-25(30)21-13-7-8-14-22(21)33-18-17-32-2/h3,5-8,11-14H,4,9-10,15-18H2,1-2H3,(H,28,30). The van der Waals surface area contributed by atoms with E-state index in [0.29, 0.717) is 35.1 Å². The van der Waals surface area contributed by atoms with Gasteiger partial charge in [-0.15, -0.1) is 11.3 Å². The maximum absolute atomic E-state index is 13.6. The molecule has 34 heavy (non-hydrogen) atoms. The van der Waals surface area contributed by atoms with Crippen molar-refractivity contribution in [1.82, 2.24) is 4.90 Å². The first-order chi connectivity index (χ1) is 16.6. The fourth-order valence-corrected chi connectivity index (χ4v) is 5.36. The molecule has 1 N–H and O–H groups in total. The number of anilines is 1. The molecule has 2 aromatic carbocycles. The molecule has 2 amide bonds. The van der Waals surface area contributed by atoms with Gasteiger partial charge >= 0.3 is 0 Å². The number of nitrogens with one attached hydrogen (secondary N) is 1. The van der Waals surface area contributed by atoms with E-state index in [4.69, 9.17) is 9.47 Å². The van der Waals surface area contributed by atoms with Gasteiger partial charge in [-0.1, -0.05) is 42.5 Å². The van der Waals surface area contributed by atoms with Gasteiger partial charge in [0.25, 0.3) is 11.8 Å². The van der Waals surface area contributed by atoms with Crippen LogP contribution in [0.5, 0.6) is 5.75 Å². The zero-order chi connectivity index (χ0) is 23.9. The van der Waals surface area contributed by atoms with Gasteiger partial charge in [0.1, 0.15) is 17.4 Å². The Labute approximate surface area is 204 Å². The first kappa shape index (κ1) is 24.0. The van der Waals surface area contributed by atoms with Crippen LogP contribution in [0.15, 0.2) is 54.6 Å². The number of hydrogen-bond donors (Lipinski definition) is 1. The second-order valence-corrected chi connectivity index (χ2v) is 9.29. The Morgan fingerprint density at radius 2 is 1.68 bits per heavy atom. The molecule has 1 aliphatic rings. The molecule has 3 aromatic rings. The minimum Gasteiger partial charge on any atom is -0.490 e. The molecule has 178 valence electrons. The van der Waals surface area contributed by atoms with Crippen molar-refractivity contribution < 1.29 is 19.1 Å². The van der Waals surface area contributed by atoms with Gasteiger partial charge in [-0.05, 0) is 49.4 Å². The molecule has 1 saturated heterocycles. The van der Waals surface area contributed by atoms with Crippen LogP contribution in [0.1, 0.15) is 45.5 Å². The van der Waals surface area contributed by atoms with Crippen molar-refractivity contribution in [2.45, 2.75) is 26.2 Å². The van der Waals surface area contributed by atoms with E-state index in [0.717, 1.165) is 48.4 Å². The third kappa shape index (κ3) is 5.32. The summed E-state index contributed by atoms with van der Waals surface area (Å²) in [6, 6.07) is 17.1. The van der Waals surface area contributed by atoms with Gasteiger partial charge < -0.3 is 19.7 Å². The van der Waals surface area contributed by atoms with E-state index in [1.807, 2.05) is 48.2 Å². The molecule has 0 atom stereocenters. The van der Waals surface area contributed by atoms with Gasteiger partial charge in [-0.2, -0.15) is 0 Å². The van der Waals surface area contributed by atoms with E-state index in [9.17, 15) is 9.59 Å². The lowest BCUT2D eigenvalue weighted by Gasteiger charge is -2.27. The van der Waals surface area contributed by atoms with Crippen LogP contribution in [0.2, 0.25) is 0 Å². The third-order valence-corrected chi connectivity index (χ3v) is 7.20. The number of likely N-dealkylation sites (tertiary alicyclic amines) is 1. The summed E-state index contributed by atoms with van der Waals surface area (Å²) in [5.74, 6) is 0.162. The number of rotatable bonds is 8. The van der Waals surface area contributed by atoms with Crippen molar-refractivity contribution in [3.63, 3.8) is 0 Å². The number of para-hydroxylation sites is 1. The van der Waals surface area contributed by atoms with E-state index in [1.54, 1.807) is 25.3 Å².